The van der Waals surface area contributed by atoms with Crippen molar-refractivity contribution < 1.29 is 24.2 Å². The fourth-order valence-corrected chi connectivity index (χ4v) is 7.66. The van der Waals surface area contributed by atoms with E-state index in [0.29, 0.717) is 24.2 Å². The first-order valence-electron chi connectivity index (χ1n) is 12.5. The van der Waals surface area contributed by atoms with Crippen molar-refractivity contribution in [2.45, 2.75) is 115 Å². The summed E-state index contributed by atoms with van der Waals surface area (Å²) in [4.78, 5) is 39.9. The van der Waals surface area contributed by atoms with Crippen molar-refractivity contribution in [3.63, 3.8) is 0 Å². The van der Waals surface area contributed by atoms with Gasteiger partial charge in [-0.05, 0) is 56.8 Å². The number of nitrogens with zero attached hydrogens (tertiary/aromatic N) is 1. The summed E-state index contributed by atoms with van der Waals surface area (Å²) in [6.45, 7) is 16.3. The van der Waals surface area contributed by atoms with Gasteiger partial charge < -0.3 is 20.1 Å². The predicted molar refractivity (Wildman–Crippen MR) is 130 cm³/mol. The zero-order chi connectivity index (χ0) is 24.9. The van der Waals surface area contributed by atoms with E-state index in [4.69, 9.17) is 4.74 Å². The molecule has 0 aromatic heterocycles. The highest BCUT2D eigenvalue weighted by molar-refractivity contribution is 8.01. The molecule has 2 aliphatic heterocycles. The molecule has 3 rings (SSSR count). The number of hydrogen-bond donors (Lipinski definition) is 2. The summed E-state index contributed by atoms with van der Waals surface area (Å²) in [7, 11) is 0. The number of carboxylic acids is 1. The number of carbonyl (C=O) groups excluding carboxylic acids is 2. The van der Waals surface area contributed by atoms with Crippen LogP contribution in [0.2, 0.25) is 0 Å². The average molecular weight is 483 g/mol. The lowest BCUT2D eigenvalue weighted by atomic mass is 9.74. The molecular weight excluding hydrogens is 440 g/mol. The molecule has 2 saturated heterocycles. The van der Waals surface area contributed by atoms with Gasteiger partial charge in [-0.1, -0.05) is 48.0 Å². The number of ether oxygens (including phenoxy) is 1. The smallest absolute Gasteiger partial charge is 0.327 e. The topological polar surface area (TPSA) is 95.9 Å². The second-order valence-corrected chi connectivity index (χ2v) is 13.2. The molecule has 1 saturated carbocycles. The molecule has 188 valence electrons. The SMILES string of the molecule is CC[C@@](O[C@@H]1C[C@@H](C)CC[C@H]1C(C)C)(C(=O)N[C@@H]1C(=O)N2[C@@H]1SC(C)(C)[C@@H]2C(=O)O)C(C)C. The van der Waals surface area contributed by atoms with Crippen molar-refractivity contribution in [2.75, 3.05) is 0 Å². The molecule has 7 nitrogen and oxygen atoms in total. The first-order valence-corrected chi connectivity index (χ1v) is 13.4. The van der Waals surface area contributed by atoms with Gasteiger partial charge in [-0.3, -0.25) is 9.59 Å². The van der Waals surface area contributed by atoms with Crippen LogP contribution in [-0.2, 0) is 19.1 Å². The Bertz CT molecular complexity index is 785. The van der Waals surface area contributed by atoms with Crippen molar-refractivity contribution >= 4 is 29.5 Å². The van der Waals surface area contributed by atoms with Gasteiger partial charge in [0.05, 0.1) is 6.10 Å². The van der Waals surface area contributed by atoms with E-state index in [2.05, 4.69) is 26.1 Å². The summed E-state index contributed by atoms with van der Waals surface area (Å²) in [5.41, 5.74) is -1.03. The number of carboxylic acid groups (broad SMARTS) is 1. The number of aliphatic carboxylic acids is 1. The van der Waals surface area contributed by atoms with E-state index in [1.54, 1.807) is 0 Å². The van der Waals surface area contributed by atoms with Gasteiger partial charge in [0, 0.05) is 4.75 Å². The molecule has 2 N–H and O–H groups in total. The number of β-lactam (4-membered cyclic amide) rings is 1. The lowest BCUT2D eigenvalue weighted by molar-refractivity contribution is -0.184. The minimum absolute atomic E-state index is 0.00613. The lowest BCUT2D eigenvalue weighted by Crippen LogP contribution is -2.72. The molecule has 2 heterocycles. The monoisotopic (exact) mass is 482 g/mol. The zero-order valence-electron chi connectivity index (χ0n) is 21.4. The van der Waals surface area contributed by atoms with Crippen molar-refractivity contribution in [3.05, 3.63) is 0 Å². The second kappa shape index (κ2) is 9.40. The zero-order valence-corrected chi connectivity index (χ0v) is 22.2. The Kier molecular flexibility index (Phi) is 7.50. The van der Waals surface area contributed by atoms with Gasteiger partial charge in [-0.2, -0.15) is 0 Å². The van der Waals surface area contributed by atoms with Crippen LogP contribution < -0.4 is 5.32 Å². The number of fused-ring (bicyclic) bond motifs is 1. The lowest BCUT2D eigenvalue weighted by Gasteiger charge is -2.47. The molecule has 3 aliphatic rings. The van der Waals surface area contributed by atoms with Gasteiger partial charge in [0.2, 0.25) is 5.91 Å². The van der Waals surface area contributed by atoms with Gasteiger partial charge in [0.1, 0.15) is 23.1 Å². The molecule has 0 unspecified atom stereocenters. The maximum atomic E-state index is 13.8. The Morgan fingerprint density at radius 2 is 1.91 bits per heavy atom. The summed E-state index contributed by atoms with van der Waals surface area (Å²) in [6.07, 6.45) is 3.74. The second-order valence-electron chi connectivity index (χ2n) is 11.4. The van der Waals surface area contributed by atoms with Crippen molar-refractivity contribution in [2.24, 2.45) is 23.7 Å². The summed E-state index contributed by atoms with van der Waals surface area (Å²) in [5, 5.41) is 12.3. The molecule has 2 amide bonds. The third kappa shape index (κ3) is 4.54. The summed E-state index contributed by atoms with van der Waals surface area (Å²) >= 11 is 1.44. The number of rotatable bonds is 8. The highest BCUT2D eigenvalue weighted by atomic mass is 32.2. The number of hydrogen-bond acceptors (Lipinski definition) is 5. The van der Waals surface area contributed by atoms with E-state index in [1.165, 1.54) is 23.1 Å². The fourth-order valence-electron chi connectivity index (χ4n) is 6.03. The van der Waals surface area contributed by atoms with Gasteiger partial charge in [-0.15, -0.1) is 11.8 Å². The third-order valence-corrected chi connectivity index (χ3v) is 9.70. The van der Waals surface area contributed by atoms with E-state index in [-0.39, 0.29) is 29.2 Å². The molecule has 33 heavy (non-hydrogen) atoms. The Balaban J connectivity index is 1.81. The van der Waals surface area contributed by atoms with Crippen LogP contribution in [0.25, 0.3) is 0 Å². The standard InChI is InChI=1S/C25H42N2O5S/c1-9-25(14(4)5,32-17-12-15(6)10-11-16(17)13(2)3)23(31)26-18-20(28)27-19(22(29)30)24(7,8)33-21(18)27/h13-19,21H,9-12H2,1-8H3,(H,26,31)(H,29,30)/t15-,16-,17+,18+,19-,21+,25-/m0/s1. The van der Waals surface area contributed by atoms with Gasteiger partial charge in [-0.25, -0.2) is 4.79 Å². The molecular formula is C25H42N2O5S. The maximum absolute atomic E-state index is 13.8. The number of nitrogens with one attached hydrogen (secondary N) is 1. The minimum atomic E-state index is -1.03. The third-order valence-electron chi connectivity index (χ3n) is 8.13. The van der Waals surface area contributed by atoms with E-state index < -0.39 is 28.4 Å². The molecule has 8 heteroatoms. The minimum Gasteiger partial charge on any atom is -0.480 e. The molecule has 0 aromatic carbocycles. The average Bonchev–Trinajstić information content (AvgIpc) is 2.97. The summed E-state index contributed by atoms with van der Waals surface area (Å²) in [6, 6.07) is -1.61. The van der Waals surface area contributed by atoms with Crippen LogP contribution in [0.1, 0.15) is 81.1 Å². The van der Waals surface area contributed by atoms with E-state index >= 15 is 0 Å². The molecule has 0 aromatic rings. The van der Waals surface area contributed by atoms with Crippen molar-refractivity contribution in [3.8, 4) is 0 Å². The Morgan fingerprint density at radius 1 is 1.27 bits per heavy atom. The number of thioether (sulfide) groups is 1. The number of amides is 2. The molecule has 3 fully saturated rings. The van der Waals surface area contributed by atoms with Crippen LogP contribution in [-0.4, -0.2) is 61.7 Å². The summed E-state index contributed by atoms with van der Waals surface area (Å²) in [5.74, 6) is -0.219. The largest absolute Gasteiger partial charge is 0.480 e. The number of carbonyl (C=O) groups is 3. The van der Waals surface area contributed by atoms with Gasteiger partial charge >= 0.3 is 5.97 Å². The van der Waals surface area contributed by atoms with Crippen LogP contribution in [0.4, 0.5) is 0 Å². The van der Waals surface area contributed by atoms with E-state index in [9.17, 15) is 19.5 Å². The van der Waals surface area contributed by atoms with Gasteiger partial charge in [0.25, 0.3) is 5.91 Å². The van der Waals surface area contributed by atoms with Crippen LogP contribution >= 0.6 is 11.8 Å². The Morgan fingerprint density at radius 3 is 2.42 bits per heavy atom. The Hall–Kier alpha value is -1.28. The summed E-state index contributed by atoms with van der Waals surface area (Å²) < 4.78 is 6.15. The fraction of sp³-hybridized carbons (Fsp3) is 0.880. The molecule has 0 bridgehead atoms. The Labute approximate surface area is 202 Å². The maximum Gasteiger partial charge on any atom is 0.327 e. The van der Waals surface area contributed by atoms with Crippen LogP contribution in [0.3, 0.4) is 0 Å². The first-order chi connectivity index (χ1) is 15.3. The van der Waals surface area contributed by atoms with E-state index in [1.807, 2.05) is 34.6 Å². The highest BCUT2D eigenvalue weighted by Gasteiger charge is 2.64. The van der Waals surface area contributed by atoms with Crippen molar-refractivity contribution in [1.82, 2.24) is 10.2 Å². The quantitative estimate of drug-likeness (QED) is 0.510. The van der Waals surface area contributed by atoms with Crippen LogP contribution in [0.15, 0.2) is 0 Å². The van der Waals surface area contributed by atoms with Crippen LogP contribution in [0, 0.1) is 23.7 Å². The molecule has 1 aliphatic carbocycles. The molecule has 0 radical (unpaired) electrons. The molecule has 0 spiro atoms. The first kappa shape index (κ1) is 26.3. The molecule has 7 atom stereocenters. The van der Waals surface area contributed by atoms with E-state index in [0.717, 1.165) is 12.8 Å². The van der Waals surface area contributed by atoms with Gasteiger partial charge in [0.15, 0.2) is 0 Å². The van der Waals surface area contributed by atoms with Crippen molar-refractivity contribution in [1.29, 1.82) is 0 Å². The predicted octanol–water partition coefficient (Wildman–Crippen LogP) is 3.90. The normalized spacial score (nSPS) is 35.2. The van der Waals surface area contributed by atoms with Crippen LogP contribution in [0.5, 0.6) is 0 Å². The highest BCUT2D eigenvalue weighted by Crippen LogP contribution is 2.51.